The Kier molecular flexibility index (Phi) is 30.7. The summed E-state index contributed by atoms with van der Waals surface area (Å²) in [7, 11) is 0. The monoisotopic (exact) mass is 247 g/mol. The third-order valence-electron chi connectivity index (χ3n) is 1.72. The Labute approximate surface area is 106 Å². The summed E-state index contributed by atoms with van der Waals surface area (Å²) in [5, 5.41) is 10.7. The molecule has 104 valence electrons. The first-order valence-corrected chi connectivity index (χ1v) is 6.46. The molecule has 0 aliphatic heterocycles. The second kappa shape index (κ2) is 24.4. The number of nitrogens with one attached hydrogen (secondary N) is 1. The lowest BCUT2D eigenvalue weighted by Crippen LogP contribution is -2.14. The van der Waals surface area contributed by atoms with Gasteiger partial charge in [0.15, 0.2) is 0 Å². The molecule has 0 saturated carbocycles. The highest BCUT2D eigenvalue weighted by atomic mass is 16.2. The molecule has 0 fully saturated rings. The smallest absolute Gasteiger partial charge is 0.207 e. The van der Waals surface area contributed by atoms with Gasteiger partial charge < -0.3 is 10.4 Å². The molecule has 0 rings (SSSR count). The number of carbonyl (C=O) groups excluding carboxylic acids is 2. The number of rotatable bonds is 8. The molecule has 17 heavy (non-hydrogen) atoms. The Hall–Kier alpha value is -0.900. The maximum absolute atomic E-state index is 10.2. The average molecular weight is 247 g/mol. The quantitative estimate of drug-likeness (QED) is 0.511. The van der Waals surface area contributed by atoms with Crippen LogP contribution in [0.2, 0.25) is 0 Å². The van der Waals surface area contributed by atoms with E-state index in [9.17, 15) is 9.59 Å². The van der Waals surface area contributed by atoms with Gasteiger partial charge in [-0.15, -0.1) is 0 Å². The fraction of sp³-hybridized carbons (Fsp3) is 0.846. The van der Waals surface area contributed by atoms with E-state index in [1.165, 1.54) is 26.2 Å². The zero-order chi connectivity index (χ0) is 13.9. The first-order valence-electron chi connectivity index (χ1n) is 6.46. The first kappa shape index (κ1) is 21.4. The molecule has 0 unspecified atom stereocenters. The highest BCUT2D eigenvalue weighted by Gasteiger charge is 1.88. The standard InChI is InChI=1S/C6H14O.C5H9NO2.C2H6/c1-2-3-4-5-6-7;1-5(8)2-3-6-4-7;1-2/h7H,2-6H2,1H3;4H,2-3H2,1H3,(H,6,7);1-2H3. The summed E-state index contributed by atoms with van der Waals surface area (Å²) in [6, 6.07) is 0. The zero-order valence-corrected chi connectivity index (χ0v) is 11.8. The molecule has 0 saturated heterocycles. The van der Waals surface area contributed by atoms with Crippen molar-refractivity contribution in [2.24, 2.45) is 0 Å². The third-order valence-corrected chi connectivity index (χ3v) is 1.72. The first-order chi connectivity index (χ1) is 8.18. The highest BCUT2D eigenvalue weighted by molar-refractivity contribution is 5.75. The molecule has 0 spiro atoms. The Bertz CT molecular complexity index is 146. The van der Waals surface area contributed by atoms with E-state index in [1.807, 2.05) is 13.8 Å². The van der Waals surface area contributed by atoms with E-state index >= 15 is 0 Å². The number of hydrogen-bond acceptors (Lipinski definition) is 3. The van der Waals surface area contributed by atoms with Gasteiger partial charge in [-0.25, -0.2) is 0 Å². The van der Waals surface area contributed by atoms with Gasteiger partial charge in [0.1, 0.15) is 5.78 Å². The molecular weight excluding hydrogens is 218 g/mol. The van der Waals surface area contributed by atoms with Crippen molar-refractivity contribution in [2.45, 2.75) is 59.8 Å². The predicted octanol–water partition coefficient (Wildman–Crippen LogP) is 2.30. The van der Waals surface area contributed by atoms with Crippen LogP contribution in [0.1, 0.15) is 59.8 Å². The van der Waals surface area contributed by atoms with Crippen molar-refractivity contribution in [3.8, 4) is 0 Å². The van der Waals surface area contributed by atoms with Crippen LogP contribution in [0.15, 0.2) is 0 Å². The van der Waals surface area contributed by atoms with Gasteiger partial charge in [-0.3, -0.25) is 9.59 Å². The van der Waals surface area contributed by atoms with Crippen LogP contribution >= 0.6 is 0 Å². The van der Waals surface area contributed by atoms with E-state index < -0.39 is 0 Å². The summed E-state index contributed by atoms with van der Waals surface area (Å²) < 4.78 is 0. The molecule has 1 amide bonds. The Morgan fingerprint density at radius 3 is 2.18 bits per heavy atom. The molecule has 0 aromatic rings. The van der Waals surface area contributed by atoms with Crippen molar-refractivity contribution >= 4 is 12.2 Å². The predicted molar refractivity (Wildman–Crippen MR) is 71.9 cm³/mol. The molecule has 4 heteroatoms. The maximum Gasteiger partial charge on any atom is 0.207 e. The summed E-state index contributed by atoms with van der Waals surface area (Å²) in [6.45, 7) is 8.47. The third kappa shape index (κ3) is 39.5. The van der Waals surface area contributed by atoms with Gasteiger partial charge >= 0.3 is 0 Å². The van der Waals surface area contributed by atoms with Crippen molar-refractivity contribution in [3.05, 3.63) is 0 Å². The number of Topliss-reactive ketones (excluding diaryl/α,β-unsaturated/α-hetero) is 1. The molecule has 0 aliphatic carbocycles. The lowest BCUT2D eigenvalue weighted by molar-refractivity contribution is -0.117. The number of hydrogen-bond donors (Lipinski definition) is 2. The van der Waals surface area contributed by atoms with E-state index in [2.05, 4.69) is 12.2 Å². The van der Waals surface area contributed by atoms with Crippen molar-refractivity contribution in [1.29, 1.82) is 0 Å². The normalized spacial score (nSPS) is 8.06. The van der Waals surface area contributed by atoms with Crippen LogP contribution in [-0.4, -0.2) is 30.5 Å². The second-order valence-corrected chi connectivity index (χ2v) is 3.31. The highest BCUT2D eigenvalue weighted by Crippen LogP contribution is 1.96. The van der Waals surface area contributed by atoms with E-state index in [-0.39, 0.29) is 5.78 Å². The van der Waals surface area contributed by atoms with Crippen LogP contribution in [0.4, 0.5) is 0 Å². The SMILES string of the molecule is CC.CC(=O)CCNC=O.CCCCCCO. The molecule has 0 aliphatic rings. The second-order valence-electron chi connectivity index (χ2n) is 3.31. The van der Waals surface area contributed by atoms with Gasteiger partial charge in [0.25, 0.3) is 0 Å². The minimum atomic E-state index is 0.0966. The van der Waals surface area contributed by atoms with E-state index in [0.29, 0.717) is 26.0 Å². The Morgan fingerprint density at radius 2 is 1.82 bits per heavy atom. The molecule has 0 atom stereocenters. The maximum atomic E-state index is 10.2. The van der Waals surface area contributed by atoms with Crippen LogP contribution in [-0.2, 0) is 9.59 Å². The summed E-state index contributed by atoms with van der Waals surface area (Å²) in [4.78, 5) is 19.7. The summed E-state index contributed by atoms with van der Waals surface area (Å²) in [5.41, 5.74) is 0. The zero-order valence-electron chi connectivity index (χ0n) is 11.8. The molecular formula is C13H29NO3. The van der Waals surface area contributed by atoms with Crippen molar-refractivity contribution in [1.82, 2.24) is 5.32 Å². The van der Waals surface area contributed by atoms with Gasteiger partial charge in [-0.2, -0.15) is 0 Å². The number of unbranched alkanes of at least 4 members (excludes halogenated alkanes) is 3. The number of carbonyl (C=O) groups is 2. The van der Waals surface area contributed by atoms with Gasteiger partial charge in [0, 0.05) is 19.6 Å². The average Bonchev–Trinajstić information content (AvgIpc) is 2.33. The molecule has 2 N–H and O–H groups in total. The molecule has 4 nitrogen and oxygen atoms in total. The van der Waals surface area contributed by atoms with Crippen LogP contribution in [0.5, 0.6) is 0 Å². The van der Waals surface area contributed by atoms with Crippen LogP contribution in [0, 0.1) is 0 Å². The number of ketones is 1. The van der Waals surface area contributed by atoms with Crippen molar-refractivity contribution in [2.75, 3.05) is 13.2 Å². The molecule has 0 aromatic heterocycles. The lowest BCUT2D eigenvalue weighted by Gasteiger charge is -1.90. The fourth-order valence-corrected chi connectivity index (χ4v) is 0.846. The number of amides is 1. The lowest BCUT2D eigenvalue weighted by atomic mass is 10.2. The fourth-order valence-electron chi connectivity index (χ4n) is 0.846. The van der Waals surface area contributed by atoms with E-state index in [0.717, 1.165) is 6.42 Å². The minimum Gasteiger partial charge on any atom is -0.396 e. The summed E-state index contributed by atoms with van der Waals surface area (Å²) in [5.74, 6) is 0.0966. The largest absolute Gasteiger partial charge is 0.396 e. The number of aliphatic hydroxyl groups is 1. The van der Waals surface area contributed by atoms with Gasteiger partial charge in [-0.05, 0) is 13.3 Å². The summed E-state index contributed by atoms with van der Waals surface area (Å²) >= 11 is 0. The van der Waals surface area contributed by atoms with Crippen LogP contribution in [0.25, 0.3) is 0 Å². The topological polar surface area (TPSA) is 66.4 Å². The minimum absolute atomic E-state index is 0.0966. The molecule has 0 bridgehead atoms. The van der Waals surface area contributed by atoms with Crippen LogP contribution < -0.4 is 5.32 Å². The number of aliphatic hydroxyl groups excluding tert-OH is 1. The van der Waals surface area contributed by atoms with Gasteiger partial charge in [0.05, 0.1) is 0 Å². The van der Waals surface area contributed by atoms with E-state index in [1.54, 1.807) is 0 Å². The molecule has 0 radical (unpaired) electrons. The van der Waals surface area contributed by atoms with Crippen molar-refractivity contribution in [3.63, 3.8) is 0 Å². The van der Waals surface area contributed by atoms with Gasteiger partial charge in [-0.1, -0.05) is 40.0 Å². The molecule has 0 aromatic carbocycles. The van der Waals surface area contributed by atoms with E-state index in [4.69, 9.17) is 5.11 Å². The summed E-state index contributed by atoms with van der Waals surface area (Å²) in [6.07, 6.45) is 5.70. The Morgan fingerprint density at radius 1 is 1.24 bits per heavy atom. The molecule has 0 heterocycles. The van der Waals surface area contributed by atoms with Crippen LogP contribution in [0.3, 0.4) is 0 Å². The van der Waals surface area contributed by atoms with Crippen molar-refractivity contribution < 1.29 is 14.7 Å². The van der Waals surface area contributed by atoms with Gasteiger partial charge in [0.2, 0.25) is 6.41 Å². The Balaban J connectivity index is -0.000000202.